The van der Waals surface area contributed by atoms with Crippen molar-refractivity contribution in [2.45, 2.75) is 38.3 Å². The minimum absolute atomic E-state index is 0.0287. The van der Waals surface area contributed by atoms with Gasteiger partial charge in [-0.1, -0.05) is 26.0 Å². The molecule has 0 aliphatic heterocycles. The Morgan fingerprint density at radius 3 is 2.19 bits per heavy atom. The summed E-state index contributed by atoms with van der Waals surface area (Å²) in [6, 6.07) is 8.94. The third kappa shape index (κ3) is 4.72. The van der Waals surface area contributed by atoms with E-state index < -0.39 is 10.0 Å². The van der Waals surface area contributed by atoms with Gasteiger partial charge in [-0.15, -0.1) is 11.3 Å². The van der Waals surface area contributed by atoms with Gasteiger partial charge in [0.15, 0.2) is 0 Å². The standard InChI is InChI=1S/C19H26N2O3S2/c1-5-21(6-2)18(22)15-9-7-14(8-10-15)17-12-16(11-13(3)4)25-19(17)26(20,23)24/h7-10,12-13H,5-6,11H2,1-4H3,(H2,20,23,24). The maximum absolute atomic E-state index is 12.4. The van der Waals surface area contributed by atoms with E-state index in [1.54, 1.807) is 29.2 Å². The number of nitrogens with two attached hydrogens (primary N) is 1. The van der Waals surface area contributed by atoms with E-state index in [0.29, 0.717) is 30.1 Å². The summed E-state index contributed by atoms with van der Waals surface area (Å²) in [5.74, 6) is 0.392. The second-order valence-corrected chi connectivity index (χ2v) is 9.51. The third-order valence-electron chi connectivity index (χ3n) is 4.11. The fourth-order valence-electron chi connectivity index (χ4n) is 2.82. The van der Waals surface area contributed by atoms with Gasteiger partial charge in [0.2, 0.25) is 10.0 Å². The van der Waals surface area contributed by atoms with Crippen molar-refractivity contribution >= 4 is 27.3 Å². The second kappa shape index (κ2) is 8.33. The smallest absolute Gasteiger partial charge is 0.253 e. The van der Waals surface area contributed by atoms with Crippen molar-refractivity contribution in [3.63, 3.8) is 0 Å². The zero-order chi connectivity index (χ0) is 19.5. The Labute approximate surface area is 159 Å². The van der Waals surface area contributed by atoms with E-state index in [-0.39, 0.29) is 10.1 Å². The molecule has 1 heterocycles. The number of benzene rings is 1. The van der Waals surface area contributed by atoms with Crippen molar-refractivity contribution in [1.82, 2.24) is 4.90 Å². The van der Waals surface area contributed by atoms with Gasteiger partial charge >= 0.3 is 0 Å². The molecule has 0 saturated heterocycles. The lowest BCUT2D eigenvalue weighted by molar-refractivity contribution is 0.0773. The summed E-state index contributed by atoms with van der Waals surface area (Å²) in [6.07, 6.45) is 0.797. The highest BCUT2D eigenvalue weighted by molar-refractivity contribution is 7.91. The number of rotatable bonds is 7. The Morgan fingerprint density at radius 1 is 1.15 bits per heavy atom. The number of carbonyl (C=O) groups is 1. The van der Waals surface area contributed by atoms with Crippen LogP contribution in [0.15, 0.2) is 34.5 Å². The van der Waals surface area contributed by atoms with Crippen LogP contribution in [0.3, 0.4) is 0 Å². The van der Waals surface area contributed by atoms with Crippen LogP contribution in [0.1, 0.15) is 42.9 Å². The lowest BCUT2D eigenvalue weighted by Gasteiger charge is -2.18. The number of thiophene rings is 1. The van der Waals surface area contributed by atoms with Gasteiger partial charge in [-0.05, 0) is 49.9 Å². The van der Waals surface area contributed by atoms with E-state index in [1.165, 1.54) is 11.3 Å². The van der Waals surface area contributed by atoms with Gasteiger partial charge in [0.1, 0.15) is 4.21 Å². The highest BCUT2D eigenvalue weighted by Crippen LogP contribution is 2.35. The number of hydrogen-bond donors (Lipinski definition) is 1. The largest absolute Gasteiger partial charge is 0.339 e. The first-order valence-corrected chi connectivity index (χ1v) is 11.1. The maximum atomic E-state index is 12.4. The summed E-state index contributed by atoms with van der Waals surface area (Å²) in [7, 11) is -3.80. The molecule has 0 spiro atoms. The summed E-state index contributed by atoms with van der Waals surface area (Å²) in [4.78, 5) is 15.2. The van der Waals surface area contributed by atoms with Gasteiger partial charge in [0.25, 0.3) is 5.91 Å². The van der Waals surface area contributed by atoms with Crippen molar-refractivity contribution in [3.8, 4) is 11.1 Å². The normalized spacial score (nSPS) is 11.8. The van der Waals surface area contributed by atoms with Crippen LogP contribution in [0.25, 0.3) is 11.1 Å². The lowest BCUT2D eigenvalue weighted by Crippen LogP contribution is -2.30. The lowest BCUT2D eigenvalue weighted by atomic mass is 10.0. The highest BCUT2D eigenvalue weighted by Gasteiger charge is 2.21. The maximum Gasteiger partial charge on any atom is 0.253 e. The molecule has 0 saturated carbocycles. The van der Waals surface area contributed by atoms with Crippen LogP contribution >= 0.6 is 11.3 Å². The fraction of sp³-hybridized carbons (Fsp3) is 0.421. The first-order valence-electron chi connectivity index (χ1n) is 8.72. The predicted molar refractivity (Wildman–Crippen MR) is 107 cm³/mol. The van der Waals surface area contributed by atoms with Crippen molar-refractivity contribution in [2.24, 2.45) is 11.1 Å². The highest BCUT2D eigenvalue weighted by atomic mass is 32.2. The van der Waals surface area contributed by atoms with Gasteiger partial charge < -0.3 is 4.90 Å². The molecule has 2 N–H and O–H groups in total. The summed E-state index contributed by atoms with van der Waals surface area (Å²) in [5, 5.41) is 5.41. The second-order valence-electron chi connectivity index (χ2n) is 6.61. The number of primary sulfonamides is 1. The summed E-state index contributed by atoms with van der Waals surface area (Å²) >= 11 is 1.22. The average molecular weight is 395 g/mol. The topological polar surface area (TPSA) is 80.5 Å². The van der Waals surface area contributed by atoms with Crippen LogP contribution in [0, 0.1) is 5.92 Å². The zero-order valence-corrected chi connectivity index (χ0v) is 17.3. The molecule has 0 fully saturated rings. The number of carbonyl (C=O) groups excluding carboxylic acids is 1. The average Bonchev–Trinajstić information content (AvgIpc) is 2.99. The van der Waals surface area contributed by atoms with Crippen molar-refractivity contribution < 1.29 is 13.2 Å². The van der Waals surface area contributed by atoms with Crippen LogP contribution in [-0.4, -0.2) is 32.3 Å². The molecule has 0 bridgehead atoms. The van der Waals surface area contributed by atoms with E-state index >= 15 is 0 Å². The van der Waals surface area contributed by atoms with Crippen molar-refractivity contribution in [2.75, 3.05) is 13.1 Å². The first-order chi connectivity index (χ1) is 12.2. The van der Waals surface area contributed by atoms with Crippen molar-refractivity contribution in [3.05, 3.63) is 40.8 Å². The SMILES string of the molecule is CCN(CC)C(=O)c1ccc(-c2cc(CC(C)C)sc2S(N)(=O)=O)cc1. The van der Waals surface area contributed by atoms with Gasteiger partial charge in [-0.25, -0.2) is 13.6 Å². The quantitative estimate of drug-likeness (QED) is 0.777. The van der Waals surface area contributed by atoms with Crippen LogP contribution in [0.5, 0.6) is 0 Å². The Balaban J connectivity index is 2.42. The molecule has 1 aromatic carbocycles. The minimum atomic E-state index is -3.80. The molecule has 7 heteroatoms. The summed E-state index contributed by atoms with van der Waals surface area (Å²) in [5.41, 5.74) is 1.94. The number of amides is 1. The minimum Gasteiger partial charge on any atom is -0.339 e. The van der Waals surface area contributed by atoms with E-state index in [9.17, 15) is 13.2 Å². The zero-order valence-electron chi connectivity index (χ0n) is 15.7. The Bertz CT molecular complexity index is 865. The molecule has 26 heavy (non-hydrogen) atoms. The molecule has 0 aliphatic rings. The molecule has 1 amide bonds. The molecule has 0 aliphatic carbocycles. The van der Waals surface area contributed by atoms with Gasteiger partial charge in [-0.3, -0.25) is 4.79 Å². The number of hydrogen-bond acceptors (Lipinski definition) is 4. The molecule has 0 atom stereocenters. The molecule has 2 rings (SSSR count). The van der Waals surface area contributed by atoms with Crippen molar-refractivity contribution in [1.29, 1.82) is 0 Å². The summed E-state index contributed by atoms with van der Waals surface area (Å²) in [6.45, 7) is 9.35. The molecular formula is C19H26N2O3S2. The molecule has 0 radical (unpaired) electrons. The predicted octanol–water partition coefficient (Wildman–Crippen LogP) is 3.74. The van der Waals surface area contributed by atoms with Crippen LogP contribution in [0.2, 0.25) is 0 Å². The Morgan fingerprint density at radius 2 is 1.73 bits per heavy atom. The fourth-order valence-corrected chi connectivity index (χ4v) is 5.21. The number of nitrogens with zero attached hydrogens (tertiary/aromatic N) is 1. The molecule has 0 unspecified atom stereocenters. The monoisotopic (exact) mass is 394 g/mol. The van der Waals surface area contributed by atoms with E-state index in [2.05, 4.69) is 13.8 Å². The molecule has 5 nitrogen and oxygen atoms in total. The molecule has 142 valence electrons. The molecule has 1 aromatic heterocycles. The molecule has 2 aromatic rings. The number of sulfonamides is 1. The van der Waals surface area contributed by atoms with Crippen LogP contribution in [0.4, 0.5) is 0 Å². The Hall–Kier alpha value is -1.70. The summed E-state index contributed by atoms with van der Waals surface area (Å²) < 4.78 is 24.2. The van der Waals surface area contributed by atoms with Crippen LogP contribution in [-0.2, 0) is 16.4 Å². The van der Waals surface area contributed by atoms with Gasteiger partial charge in [-0.2, -0.15) is 0 Å². The third-order valence-corrected chi connectivity index (χ3v) is 6.75. The van der Waals surface area contributed by atoms with E-state index in [1.807, 2.05) is 19.9 Å². The van der Waals surface area contributed by atoms with Crippen LogP contribution < -0.4 is 5.14 Å². The Kier molecular flexibility index (Phi) is 6.60. The van der Waals surface area contributed by atoms with E-state index in [0.717, 1.165) is 16.9 Å². The van der Waals surface area contributed by atoms with E-state index in [4.69, 9.17) is 5.14 Å². The first kappa shape index (κ1) is 20.6. The van der Waals surface area contributed by atoms with Gasteiger partial charge in [0.05, 0.1) is 0 Å². The van der Waals surface area contributed by atoms with Gasteiger partial charge in [0, 0.05) is 29.1 Å². The molecular weight excluding hydrogens is 368 g/mol.